The first-order chi connectivity index (χ1) is 15.2. The molecule has 2 unspecified atom stereocenters. The van der Waals surface area contributed by atoms with E-state index in [0.717, 1.165) is 27.3 Å². The van der Waals surface area contributed by atoms with E-state index in [1.165, 1.54) is 5.56 Å². The van der Waals surface area contributed by atoms with Crippen LogP contribution in [0.15, 0.2) is 100 Å². The third kappa shape index (κ3) is 4.13. The van der Waals surface area contributed by atoms with Gasteiger partial charge in [0, 0.05) is 22.8 Å². The standard InChI is InChI=1S/C25H20BrN3OS/c26-19-11-9-18(10-12-19)21-13-14-22(30-21)24-23(20-8-4-5-15-27-20)28-25(31)29(24)16-17-6-2-1-3-7-17/h1-15,23-24H,16H2,(H,28,31). The summed E-state index contributed by atoms with van der Waals surface area (Å²) in [6.45, 7) is 0.689. The molecule has 3 heterocycles. The van der Waals surface area contributed by atoms with Crippen molar-refractivity contribution in [2.75, 3.05) is 0 Å². The van der Waals surface area contributed by atoms with Crippen LogP contribution in [0.2, 0.25) is 0 Å². The molecular formula is C25H20BrN3OS. The zero-order valence-corrected chi connectivity index (χ0v) is 19.0. The van der Waals surface area contributed by atoms with Gasteiger partial charge in [-0.05, 0) is 54.2 Å². The van der Waals surface area contributed by atoms with Gasteiger partial charge in [0.05, 0.1) is 11.7 Å². The number of pyridine rings is 1. The van der Waals surface area contributed by atoms with Crippen LogP contribution in [0.3, 0.4) is 0 Å². The molecule has 6 heteroatoms. The quantitative estimate of drug-likeness (QED) is 0.334. The molecule has 1 fully saturated rings. The Morgan fingerprint density at radius 2 is 1.71 bits per heavy atom. The highest BCUT2D eigenvalue weighted by molar-refractivity contribution is 9.10. The maximum absolute atomic E-state index is 6.38. The molecule has 0 radical (unpaired) electrons. The second-order valence-corrected chi connectivity index (χ2v) is 8.75. The minimum Gasteiger partial charge on any atom is -0.459 e. The number of nitrogens with one attached hydrogen (secondary N) is 1. The molecule has 4 nitrogen and oxygen atoms in total. The first-order valence-corrected chi connectivity index (χ1v) is 11.3. The maximum atomic E-state index is 6.38. The van der Waals surface area contributed by atoms with E-state index in [1.54, 1.807) is 0 Å². The molecule has 0 saturated carbocycles. The second-order valence-electron chi connectivity index (χ2n) is 7.45. The lowest BCUT2D eigenvalue weighted by Crippen LogP contribution is -2.29. The van der Waals surface area contributed by atoms with Crippen LogP contribution in [0.4, 0.5) is 0 Å². The maximum Gasteiger partial charge on any atom is 0.170 e. The molecule has 0 amide bonds. The summed E-state index contributed by atoms with van der Waals surface area (Å²) in [5, 5.41) is 4.17. The highest BCUT2D eigenvalue weighted by Crippen LogP contribution is 2.41. The van der Waals surface area contributed by atoms with Gasteiger partial charge in [-0.2, -0.15) is 0 Å². The van der Waals surface area contributed by atoms with Crippen molar-refractivity contribution in [3.63, 3.8) is 0 Å². The van der Waals surface area contributed by atoms with Crippen molar-refractivity contribution in [2.24, 2.45) is 0 Å². The van der Waals surface area contributed by atoms with Gasteiger partial charge in [-0.3, -0.25) is 4.98 Å². The van der Waals surface area contributed by atoms with Crippen LogP contribution in [-0.4, -0.2) is 15.0 Å². The van der Waals surface area contributed by atoms with Crippen LogP contribution < -0.4 is 5.32 Å². The Balaban J connectivity index is 1.53. The van der Waals surface area contributed by atoms with Gasteiger partial charge in [0.2, 0.25) is 0 Å². The molecule has 0 aliphatic carbocycles. The average molecular weight is 490 g/mol. The summed E-state index contributed by atoms with van der Waals surface area (Å²) in [6, 6.07) is 28.3. The molecule has 5 rings (SSSR count). The van der Waals surface area contributed by atoms with Crippen molar-refractivity contribution >= 4 is 33.3 Å². The van der Waals surface area contributed by atoms with Gasteiger partial charge in [-0.15, -0.1) is 0 Å². The molecule has 4 aromatic rings. The average Bonchev–Trinajstić information content (AvgIpc) is 3.41. The summed E-state index contributed by atoms with van der Waals surface area (Å²) < 4.78 is 7.42. The molecule has 1 N–H and O–H groups in total. The number of hydrogen-bond donors (Lipinski definition) is 1. The molecule has 0 spiro atoms. The van der Waals surface area contributed by atoms with Crippen molar-refractivity contribution in [2.45, 2.75) is 18.6 Å². The molecule has 1 aliphatic heterocycles. The van der Waals surface area contributed by atoms with Crippen molar-refractivity contribution < 1.29 is 4.42 Å². The largest absolute Gasteiger partial charge is 0.459 e. The van der Waals surface area contributed by atoms with Crippen LogP contribution in [0.25, 0.3) is 11.3 Å². The number of aromatic nitrogens is 1. The van der Waals surface area contributed by atoms with Gasteiger partial charge in [0.25, 0.3) is 0 Å². The zero-order valence-electron chi connectivity index (χ0n) is 16.6. The molecule has 0 bridgehead atoms. The van der Waals surface area contributed by atoms with Crippen molar-refractivity contribution in [1.29, 1.82) is 0 Å². The Kier molecular flexibility index (Phi) is 5.57. The van der Waals surface area contributed by atoms with Gasteiger partial charge >= 0.3 is 0 Å². The third-order valence-electron chi connectivity index (χ3n) is 5.44. The van der Waals surface area contributed by atoms with E-state index in [1.807, 2.05) is 79.0 Å². The summed E-state index contributed by atoms with van der Waals surface area (Å²) >= 11 is 9.24. The van der Waals surface area contributed by atoms with Gasteiger partial charge in [0.1, 0.15) is 17.6 Å². The van der Waals surface area contributed by atoms with Crippen molar-refractivity contribution in [3.8, 4) is 11.3 Å². The molecule has 2 aromatic carbocycles. The molecule has 2 atom stereocenters. The molecule has 1 aliphatic rings. The van der Waals surface area contributed by atoms with Crippen LogP contribution >= 0.6 is 28.1 Å². The summed E-state index contributed by atoms with van der Waals surface area (Å²) in [6.07, 6.45) is 1.81. The lowest BCUT2D eigenvalue weighted by atomic mass is 10.0. The fourth-order valence-electron chi connectivity index (χ4n) is 3.95. The monoisotopic (exact) mass is 489 g/mol. The van der Waals surface area contributed by atoms with E-state index in [2.05, 4.69) is 43.3 Å². The smallest absolute Gasteiger partial charge is 0.170 e. The lowest BCUT2D eigenvalue weighted by Gasteiger charge is -2.26. The van der Waals surface area contributed by atoms with Gasteiger partial charge < -0.3 is 14.6 Å². The Morgan fingerprint density at radius 1 is 0.935 bits per heavy atom. The number of halogens is 1. The van der Waals surface area contributed by atoms with Gasteiger partial charge in [0.15, 0.2) is 5.11 Å². The van der Waals surface area contributed by atoms with Gasteiger partial charge in [-0.1, -0.05) is 64.5 Å². The third-order valence-corrected chi connectivity index (χ3v) is 6.32. The van der Waals surface area contributed by atoms with E-state index in [9.17, 15) is 0 Å². The fourth-order valence-corrected chi connectivity index (χ4v) is 4.52. The number of thiocarbonyl (C=S) groups is 1. The molecule has 154 valence electrons. The number of furan rings is 1. The highest BCUT2D eigenvalue weighted by Gasteiger charge is 2.41. The van der Waals surface area contributed by atoms with Crippen LogP contribution in [0.1, 0.15) is 29.1 Å². The number of benzene rings is 2. The summed E-state index contributed by atoms with van der Waals surface area (Å²) in [5.74, 6) is 1.69. The van der Waals surface area contributed by atoms with E-state index < -0.39 is 0 Å². The molecule has 31 heavy (non-hydrogen) atoms. The Morgan fingerprint density at radius 3 is 2.45 bits per heavy atom. The molecular weight excluding hydrogens is 470 g/mol. The van der Waals surface area contributed by atoms with Crippen molar-refractivity contribution in [1.82, 2.24) is 15.2 Å². The molecule has 2 aromatic heterocycles. The van der Waals surface area contributed by atoms with E-state index in [0.29, 0.717) is 11.7 Å². The normalized spacial score (nSPS) is 18.2. The minimum absolute atomic E-state index is 0.0960. The summed E-state index contributed by atoms with van der Waals surface area (Å²) in [7, 11) is 0. The first-order valence-electron chi connectivity index (χ1n) is 10.1. The fraction of sp³-hybridized carbons (Fsp3) is 0.120. The van der Waals surface area contributed by atoms with Crippen molar-refractivity contribution in [3.05, 3.63) is 113 Å². The van der Waals surface area contributed by atoms with E-state index in [4.69, 9.17) is 16.6 Å². The minimum atomic E-state index is -0.105. The highest BCUT2D eigenvalue weighted by atomic mass is 79.9. The second kappa shape index (κ2) is 8.65. The number of rotatable bonds is 5. The summed E-state index contributed by atoms with van der Waals surface area (Å²) in [4.78, 5) is 6.78. The van der Waals surface area contributed by atoms with Crippen LogP contribution in [0.5, 0.6) is 0 Å². The predicted octanol–water partition coefficient (Wildman–Crippen LogP) is 6.28. The first kappa shape index (κ1) is 20.0. The molecule has 1 saturated heterocycles. The SMILES string of the molecule is S=C1NC(c2ccccn2)C(c2ccc(-c3ccc(Br)cc3)o2)N1Cc1ccccc1. The lowest BCUT2D eigenvalue weighted by molar-refractivity contribution is 0.269. The number of nitrogens with zero attached hydrogens (tertiary/aromatic N) is 2. The van der Waals surface area contributed by atoms with Crippen LogP contribution in [0, 0.1) is 0 Å². The Bertz CT molecular complexity index is 1180. The predicted molar refractivity (Wildman–Crippen MR) is 129 cm³/mol. The van der Waals surface area contributed by atoms with Gasteiger partial charge in [-0.25, -0.2) is 0 Å². The number of hydrogen-bond acceptors (Lipinski definition) is 3. The Hall–Kier alpha value is -2.96. The summed E-state index contributed by atoms with van der Waals surface area (Å²) in [5.41, 5.74) is 3.16. The van der Waals surface area contributed by atoms with E-state index in [-0.39, 0.29) is 12.1 Å². The van der Waals surface area contributed by atoms with E-state index >= 15 is 0 Å². The topological polar surface area (TPSA) is 41.3 Å². The van der Waals surface area contributed by atoms with Crippen LogP contribution in [-0.2, 0) is 6.54 Å². The zero-order chi connectivity index (χ0) is 21.2. The Labute approximate surface area is 195 Å².